The third kappa shape index (κ3) is 5.47. The lowest BCUT2D eigenvalue weighted by atomic mass is 10.0. The number of nitrogens with one attached hydrogen (secondary N) is 1. The maximum Gasteiger partial charge on any atom is 0.250 e. The third-order valence-corrected chi connectivity index (χ3v) is 3.33. The molecular formula is C18H23N2O3+. The molecule has 1 atom stereocenters. The Morgan fingerprint density at radius 3 is 2.52 bits per heavy atom. The van der Waals surface area contributed by atoms with Gasteiger partial charge in [-0.05, 0) is 30.4 Å². The Labute approximate surface area is 136 Å². The second kappa shape index (κ2) is 8.41. The Hall–Kier alpha value is -2.24. The van der Waals surface area contributed by atoms with E-state index in [4.69, 9.17) is 10.1 Å². The summed E-state index contributed by atoms with van der Waals surface area (Å²) in [6, 6.07) is 9.90. The van der Waals surface area contributed by atoms with Gasteiger partial charge in [-0.15, -0.1) is 0 Å². The fourth-order valence-electron chi connectivity index (χ4n) is 2.47. The molecule has 2 N–H and O–H groups in total. The first-order valence-electron chi connectivity index (χ1n) is 7.73. The zero-order valence-electron chi connectivity index (χ0n) is 13.7. The van der Waals surface area contributed by atoms with Gasteiger partial charge in [-0.25, -0.2) is 10.2 Å². The Morgan fingerprint density at radius 2 is 1.87 bits per heavy atom. The van der Waals surface area contributed by atoms with E-state index in [1.54, 1.807) is 6.08 Å². The SMILES string of the molecule is CC(C)CC(C)N=C1C=CC(=[NH+]c2ccccc2)C(OOO)=C1. The molecule has 0 aliphatic heterocycles. The van der Waals surface area contributed by atoms with Crippen molar-refractivity contribution < 1.29 is 20.2 Å². The number of aliphatic imine (C=N–C) groups is 1. The smallest absolute Gasteiger partial charge is 0.250 e. The van der Waals surface area contributed by atoms with Crippen LogP contribution in [0.2, 0.25) is 0 Å². The molecule has 0 aromatic heterocycles. The topological polar surface area (TPSA) is 65.0 Å². The van der Waals surface area contributed by atoms with Crippen LogP contribution in [0.25, 0.3) is 0 Å². The molecule has 1 unspecified atom stereocenters. The number of rotatable bonds is 6. The molecule has 0 bridgehead atoms. The second-order valence-electron chi connectivity index (χ2n) is 5.94. The van der Waals surface area contributed by atoms with Crippen molar-refractivity contribution in [3.8, 4) is 0 Å². The van der Waals surface area contributed by atoms with Crippen LogP contribution in [-0.4, -0.2) is 22.7 Å². The number of hydrogen-bond donors (Lipinski definition) is 2. The van der Waals surface area contributed by atoms with E-state index in [9.17, 15) is 0 Å². The van der Waals surface area contributed by atoms with Crippen molar-refractivity contribution in [3.63, 3.8) is 0 Å². The molecule has 0 fully saturated rings. The summed E-state index contributed by atoms with van der Waals surface area (Å²) in [6.45, 7) is 6.43. The van der Waals surface area contributed by atoms with Crippen molar-refractivity contribution in [3.05, 3.63) is 54.3 Å². The van der Waals surface area contributed by atoms with Crippen LogP contribution in [0.15, 0.2) is 59.3 Å². The van der Waals surface area contributed by atoms with E-state index in [-0.39, 0.29) is 6.04 Å². The highest BCUT2D eigenvalue weighted by Crippen LogP contribution is 2.12. The molecule has 2 rings (SSSR count). The molecule has 0 radical (unpaired) electrons. The molecular weight excluding hydrogens is 292 g/mol. The normalized spacial score (nSPS) is 19.3. The predicted molar refractivity (Wildman–Crippen MR) is 90.4 cm³/mol. The summed E-state index contributed by atoms with van der Waals surface area (Å²) in [5.74, 6) is 0.957. The van der Waals surface area contributed by atoms with Crippen LogP contribution >= 0.6 is 0 Å². The predicted octanol–water partition coefficient (Wildman–Crippen LogP) is 2.59. The average Bonchev–Trinajstić information content (AvgIpc) is 2.50. The van der Waals surface area contributed by atoms with Gasteiger partial charge >= 0.3 is 0 Å². The highest BCUT2D eigenvalue weighted by molar-refractivity contribution is 6.18. The molecule has 0 heterocycles. The van der Waals surface area contributed by atoms with Gasteiger partial charge < -0.3 is 4.89 Å². The Morgan fingerprint density at radius 1 is 1.13 bits per heavy atom. The van der Waals surface area contributed by atoms with Crippen molar-refractivity contribution in [1.82, 2.24) is 0 Å². The monoisotopic (exact) mass is 315 g/mol. The van der Waals surface area contributed by atoms with E-state index in [1.807, 2.05) is 42.5 Å². The number of allylic oxidation sites excluding steroid dienone is 3. The van der Waals surface area contributed by atoms with Gasteiger partial charge in [-0.1, -0.05) is 32.0 Å². The lowest BCUT2D eigenvalue weighted by Gasteiger charge is -2.11. The lowest BCUT2D eigenvalue weighted by Crippen LogP contribution is -2.66. The summed E-state index contributed by atoms with van der Waals surface area (Å²) in [4.78, 5) is 12.7. The van der Waals surface area contributed by atoms with Crippen LogP contribution in [-0.2, 0) is 9.93 Å². The molecule has 5 nitrogen and oxygen atoms in total. The summed E-state index contributed by atoms with van der Waals surface area (Å²) < 4.78 is 0. The van der Waals surface area contributed by atoms with Gasteiger partial charge in [-0.2, -0.15) is 0 Å². The largest absolute Gasteiger partial charge is 0.301 e. The quantitative estimate of drug-likeness (QED) is 0.482. The first-order chi connectivity index (χ1) is 11.1. The first-order valence-corrected chi connectivity index (χ1v) is 7.73. The van der Waals surface area contributed by atoms with Crippen molar-refractivity contribution in [1.29, 1.82) is 0 Å². The van der Waals surface area contributed by atoms with Gasteiger partial charge in [0, 0.05) is 30.3 Å². The van der Waals surface area contributed by atoms with Gasteiger partial charge in [0.15, 0.2) is 0 Å². The maximum absolute atomic E-state index is 8.62. The van der Waals surface area contributed by atoms with E-state index >= 15 is 0 Å². The second-order valence-corrected chi connectivity index (χ2v) is 5.94. The molecule has 23 heavy (non-hydrogen) atoms. The highest BCUT2D eigenvalue weighted by atomic mass is 17.5. The van der Waals surface area contributed by atoms with Crippen LogP contribution in [0.1, 0.15) is 27.2 Å². The molecule has 122 valence electrons. The van der Waals surface area contributed by atoms with Gasteiger partial charge in [-0.3, -0.25) is 4.99 Å². The summed E-state index contributed by atoms with van der Waals surface area (Å²) in [7, 11) is 0. The van der Waals surface area contributed by atoms with Crippen molar-refractivity contribution in [2.24, 2.45) is 10.9 Å². The standard InChI is InChI=1S/C18H22N2O3/c1-13(2)11-14(3)19-16-9-10-17(18(12-16)22-23-21)20-15-7-5-4-6-8-15/h4-10,12-14,21H,11H2,1-3H3/p+1. The first kappa shape index (κ1) is 17.1. The minimum atomic E-state index is 0.214. The van der Waals surface area contributed by atoms with Crippen LogP contribution < -0.4 is 4.99 Å². The summed E-state index contributed by atoms with van der Waals surface area (Å²) in [5.41, 5.74) is 2.37. The van der Waals surface area contributed by atoms with Crippen molar-refractivity contribution in [2.45, 2.75) is 33.2 Å². The fraction of sp³-hybridized carbons (Fsp3) is 0.333. The minimum absolute atomic E-state index is 0.214. The number of hydrogen-bond acceptors (Lipinski definition) is 4. The Kier molecular flexibility index (Phi) is 6.26. The summed E-state index contributed by atoms with van der Waals surface area (Å²) >= 11 is 0. The van der Waals surface area contributed by atoms with Crippen LogP contribution in [0.4, 0.5) is 5.69 Å². The van der Waals surface area contributed by atoms with Gasteiger partial charge in [0.05, 0.1) is 5.71 Å². The van der Waals surface area contributed by atoms with E-state index < -0.39 is 0 Å². The van der Waals surface area contributed by atoms with E-state index in [0.717, 1.165) is 17.8 Å². The van der Waals surface area contributed by atoms with Crippen LogP contribution in [0, 0.1) is 5.92 Å². The van der Waals surface area contributed by atoms with E-state index in [1.165, 1.54) is 0 Å². The molecule has 0 saturated carbocycles. The van der Waals surface area contributed by atoms with E-state index in [0.29, 0.717) is 17.4 Å². The fourth-order valence-corrected chi connectivity index (χ4v) is 2.47. The average molecular weight is 315 g/mol. The Balaban J connectivity index is 2.22. The Bertz CT molecular complexity index is 631. The molecule has 0 spiro atoms. The van der Waals surface area contributed by atoms with Gasteiger partial charge in [0.1, 0.15) is 0 Å². The summed E-state index contributed by atoms with van der Waals surface area (Å²) in [5, 5.41) is 12.5. The van der Waals surface area contributed by atoms with Gasteiger partial charge in [0.25, 0.3) is 5.71 Å². The third-order valence-electron chi connectivity index (χ3n) is 3.33. The zero-order chi connectivity index (χ0) is 16.7. The van der Waals surface area contributed by atoms with Gasteiger partial charge in [0.2, 0.25) is 11.4 Å². The number of para-hydroxylation sites is 1. The molecule has 1 aromatic carbocycles. The molecule has 5 heteroatoms. The maximum atomic E-state index is 8.62. The van der Waals surface area contributed by atoms with Crippen molar-refractivity contribution in [2.75, 3.05) is 0 Å². The molecule has 0 amide bonds. The van der Waals surface area contributed by atoms with Crippen LogP contribution in [0.3, 0.4) is 0 Å². The highest BCUT2D eigenvalue weighted by Gasteiger charge is 2.20. The number of benzene rings is 1. The number of nitrogens with zero attached hydrogens (tertiary/aromatic N) is 1. The summed E-state index contributed by atoms with van der Waals surface area (Å²) in [6.07, 6.45) is 6.50. The molecule has 1 aliphatic carbocycles. The minimum Gasteiger partial charge on any atom is -0.301 e. The van der Waals surface area contributed by atoms with Crippen LogP contribution in [0.5, 0.6) is 0 Å². The molecule has 1 aromatic rings. The molecule has 1 aliphatic rings. The van der Waals surface area contributed by atoms with E-state index in [2.05, 4.69) is 35.8 Å². The lowest BCUT2D eigenvalue weighted by molar-refractivity contribution is -0.471. The molecule has 0 saturated heterocycles. The zero-order valence-corrected chi connectivity index (χ0v) is 13.7. The van der Waals surface area contributed by atoms with Crippen molar-refractivity contribution >= 4 is 17.1 Å².